The Bertz CT molecular complexity index is 1170. The molecule has 5 rings (SSSR count). The first-order valence-electron chi connectivity index (χ1n) is 9.97. The van der Waals surface area contributed by atoms with Gasteiger partial charge in [0.15, 0.2) is 0 Å². The number of halogens is 1. The van der Waals surface area contributed by atoms with Gasteiger partial charge in [-0.05, 0) is 62.4 Å². The lowest BCUT2D eigenvalue weighted by Gasteiger charge is -2.36. The Morgan fingerprint density at radius 3 is 2.60 bits per heavy atom. The van der Waals surface area contributed by atoms with Gasteiger partial charge >= 0.3 is 0 Å². The molecule has 0 radical (unpaired) electrons. The first kappa shape index (κ1) is 19.3. The summed E-state index contributed by atoms with van der Waals surface area (Å²) in [6.07, 6.45) is 6.13. The molecule has 0 spiro atoms. The second kappa shape index (κ2) is 7.24. The number of nitrogens with zero attached hydrogens (tertiary/aromatic N) is 4. The van der Waals surface area contributed by atoms with E-state index in [1.807, 2.05) is 12.1 Å². The number of sulfonamides is 1. The van der Waals surface area contributed by atoms with Crippen LogP contribution in [0.3, 0.4) is 0 Å². The Morgan fingerprint density at radius 1 is 1.17 bits per heavy atom. The third kappa shape index (κ3) is 3.22. The zero-order valence-electron chi connectivity index (χ0n) is 16.4. The molecule has 2 bridgehead atoms. The minimum atomic E-state index is -3.76. The highest BCUT2D eigenvalue weighted by molar-refractivity contribution is 7.89. The molecule has 2 aliphatic rings. The van der Waals surface area contributed by atoms with Gasteiger partial charge in [-0.2, -0.15) is 9.29 Å². The van der Waals surface area contributed by atoms with E-state index in [-0.39, 0.29) is 22.9 Å². The van der Waals surface area contributed by atoms with E-state index in [1.54, 1.807) is 23.6 Å². The van der Waals surface area contributed by atoms with Crippen LogP contribution in [0.5, 0.6) is 0 Å². The van der Waals surface area contributed by atoms with Crippen molar-refractivity contribution >= 4 is 10.0 Å². The molecule has 0 aliphatic carbocycles. The molecule has 3 aromatic rings. The quantitative estimate of drug-likeness (QED) is 0.630. The van der Waals surface area contributed by atoms with Gasteiger partial charge in [0, 0.05) is 36.0 Å². The fourth-order valence-electron chi connectivity index (χ4n) is 4.60. The monoisotopic (exact) mass is 428 g/mol. The van der Waals surface area contributed by atoms with Crippen LogP contribution in [0.4, 0.5) is 4.39 Å². The maximum atomic E-state index is 14.0. The molecule has 7 nitrogen and oxygen atoms in total. The van der Waals surface area contributed by atoms with E-state index in [0.29, 0.717) is 30.1 Å². The van der Waals surface area contributed by atoms with Crippen LogP contribution in [-0.4, -0.2) is 39.9 Å². The maximum Gasteiger partial charge on any atom is 0.243 e. The average molecular weight is 428 g/mol. The number of pyridine rings is 1. The fourth-order valence-corrected chi connectivity index (χ4v) is 6.50. The Hall–Kier alpha value is -2.65. The smallest absolute Gasteiger partial charge is 0.243 e. The highest BCUT2D eigenvalue weighted by Crippen LogP contribution is 2.45. The van der Waals surface area contributed by atoms with E-state index in [2.05, 4.69) is 15.1 Å². The molecule has 0 saturated carbocycles. The van der Waals surface area contributed by atoms with Crippen LogP contribution < -0.4 is 0 Å². The standard InChI is InChI=1S/C21H21FN4O3S/c1-13-4-7-18(11-19(13)22)30(27,28)26-16-5-6-17(26)10-15(9-16)21-24-20(25-29-21)14-3-2-8-23-12-14/h2-4,7-8,11-12,15-17H,5-6,9-10H2,1H3/t15?,16-,17+. The number of piperidine rings is 1. The predicted molar refractivity (Wildman–Crippen MR) is 106 cm³/mol. The molecule has 2 fully saturated rings. The van der Waals surface area contributed by atoms with Crippen molar-refractivity contribution in [2.24, 2.45) is 0 Å². The van der Waals surface area contributed by atoms with Gasteiger partial charge in [0.2, 0.25) is 21.7 Å². The largest absolute Gasteiger partial charge is 0.339 e. The summed E-state index contributed by atoms with van der Waals surface area (Å²) < 4.78 is 47.6. The Balaban J connectivity index is 1.39. The van der Waals surface area contributed by atoms with E-state index < -0.39 is 15.8 Å². The molecular weight excluding hydrogens is 407 g/mol. The molecule has 1 aromatic carbocycles. The summed E-state index contributed by atoms with van der Waals surface area (Å²) in [6.45, 7) is 1.62. The van der Waals surface area contributed by atoms with Gasteiger partial charge in [-0.1, -0.05) is 11.2 Å². The van der Waals surface area contributed by atoms with Crippen molar-refractivity contribution in [3.8, 4) is 11.4 Å². The molecule has 156 valence electrons. The van der Waals surface area contributed by atoms with Gasteiger partial charge in [-0.15, -0.1) is 0 Å². The van der Waals surface area contributed by atoms with Crippen molar-refractivity contribution < 1.29 is 17.3 Å². The maximum absolute atomic E-state index is 14.0. The molecule has 2 aromatic heterocycles. The number of hydrogen-bond donors (Lipinski definition) is 0. The molecule has 1 unspecified atom stereocenters. The predicted octanol–water partition coefficient (Wildman–Crippen LogP) is 3.68. The lowest BCUT2D eigenvalue weighted by Crippen LogP contribution is -2.46. The summed E-state index contributed by atoms with van der Waals surface area (Å²) in [5, 5.41) is 4.07. The molecule has 2 aliphatic heterocycles. The lowest BCUT2D eigenvalue weighted by atomic mass is 9.92. The van der Waals surface area contributed by atoms with Crippen LogP contribution in [0.25, 0.3) is 11.4 Å². The number of aromatic nitrogens is 3. The molecule has 9 heteroatoms. The van der Waals surface area contributed by atoms with Crippen LogP contribution in [0.15, 0.2) is 52.1 Å². The van der Waals surface area contributed by atoms with Crippen LogP contribution in [-0.2, 0) is 10.0 Å². The van der Waals surface area contributed by atoms with E-state index in [0.717, 1.165) is 24.5 Å². The van der Waals surface area contributed by atoms with Crippen LogP contribution in [0.2, 0.25) is 0 Å². The average Bonchev–Trinajstić information content (AvgIpc) is 3.34. The van der Waals surface area contributed by atoms with Gasteiger partial charge < -0.3 is 4.52 Å². The molecule has 3 atom stereocenters. The van der Waals surface area contributed by atoms with Crippen molar-refractivity contribution in [1.29, 1.82) is 0 Å². The van der Waals surface area contributed by atoms with Crippen LogP contribution in [0, 0.1) is 12.7 Å². The minimum absolute atomic E-state index is 0.00150. The second-order valence-electron chi connectivity index (χ2n) is 8.00. The zero-order chi connectivity index (χ0) is 20.9. The summed E-state index contributed by atoms with van der Waals surface area (Å²) in [4.78, 5) is 8.62. The van der Waals surface area contributed by atoms with Crippen molar-refractivity contribution in [1.82, 2.24) is 19.4 Å². The molecule has 0 N–H and O–H groups in total. The number of fused-ring (bicyclic) bond motifs is 2. The van der Waals surface area contributed by atoms with Crippen molar-refractivity contribution in [2.75, 3.05) is 0 Å². The molecule has 30 heavy (non-hydrogen) atoms. The summed E-state index contributed by atoms with van der Waals surface area (Å²) in [7, 11) is -3.76. The zero-order valence-corrected chi connectivity index (χ0v) is 17.2. The highest BCUT2D eigenvalue weighted by atomic mass is 32.2. The Kier molecular flexibility index (Phi) is 4.67. The normalized spacial score (nSPS) is 24.3. The van der Waals surface area contributed by atoms with Gasteiger partial charge in [0.25, 0.3) is 0 Å². The van der Waals surface area contributed by atoms with Crippen LogP contribution in [0.1, 0.15) is 43.1 Å². The fraction of sp³-hybridized carbons (Fsp3) is 0.381. The van der Waals surface area contributed by atoms with Gasteiger partial charge in [-0.3, -0.25) is 4.98 Å². The number of hydrogen-bond acceptors (Lipinski definition) is 6. The minimum Gasteiger partial charge on any atom is -0.339 e. The summed E-state index contributed by atoms with van der Waals surface area (Å²) in [5.41, 5.74) is 1.20. The summed E-state index contributed by atoms with van der Waals surface area (Å²) in [5.74, 6) is 0.508. The Morgan fingerprint density at radius 2 is 1.93 bits per heavy atom. The van der Waals surface area contributed by atoms with Gasteiger partial charge in [-0.25, -0.2) is 12.8 Å². The van der Waals surface area contributed by atoms with E-state index >= 15 is 0 Å². The first-order chi connectivity index (χ1) is 14.4. The SMILES string of the molecule is Cc1ccc(S(=O)(=O)N2[C@@H]3CC[C@H]2CC(c2nc(-c4cccnc4)no2)C3)cc1F. The molecule has 2 saturated heterocycles. The van der Waals surface area contributed by atoms with Crippen molar-refractivity contribution in [2.45, 2.75) is 55.5 Å². The topological polar surface area (TPSA) is 89.2 Å². The first-order valence-corrected chi connectivity index (χ1v) is 11.4. The van der Waals surface area contributed by atoms with Crippen molar-refractivity contribution in [3.05, 3.63) is 60.0 Å². The summed E-state index contributed by atoms with van der Waals surface area (Å²) in [6, 6.07) is 7.47. The Labute approximate surface area is 174 Å². The molecule has 0 amide bonds. The van der Waals surface area contributed by atoms with E-state index in [4.69, 9.17) is 4.52 Å². The third-order valence-corrected chi connectivity index (χ3v) is 8.10. The number of aryl methyl sites for hydroxylation is 1. The molecular formula is C21H21FN4O3S. The summed E-state index contributed by atoms with van der Waals surface area (Å²) >= 11 is 0. The lowest BCUT2D eigenvalue weighted by molar-refractivity contribution is 0.202. The van der Waals surface area contributed by atoms with Crippen LogP contribution >= 0.6 is 0 Å². The highest BCUT2D eigenvalue weighted by Gasteiger charge is 2.48. The molecule has 4 heterocycles. The van der Waals surface area contributed by atoms with Gasteiger partial charge in [0.05, 0.1) is 4.90 Å². The van der Waals surface area contributed by atoms with E-state index in [1.165, 1.54) is 12.1 Å². The van der Waals surface area contributed by atoms with Crippen molar-refractivity contribution in [3.63, 3.8) is 0 Å². The van der Waals surface area contributed by atoms with Gasteiger partial charge in [0.1, 0.15) is 5.82 Å². The number of rotatable bonds is 4. The number of benzene rings is 1. The third-order valence-electron chi connectivity index (χ3n) is 6.10. The van der Waals surface area contributed by atoms with E-state index in [9.17, 15) is 12.8 Å². The second-order valence-corrected chi connectivity index (χ2v) is 9.84.